The number of esters is 2. The highest BCUT2D eigenvalue weighted by Gasteiger charge is 2.36. The van der Waals surface area contributed by atoms with Gasteiger partial charge in [0, 0.05) is 0 Å². The van der Waals surface area contributed by atoms with Gasteiger partial charge in [-0.05, 0) is 31.5 Å². The van der Waals surface area contributed by atoms with Gasteiger partial charge in [0.15, 0.2) is 0 Å². The van der Waals surface area contributed by atoms with Crippen LogP contribution < -0.4 is 5.73 Å². The summed E-state index contributed by atoms with van der Waals surface area (Å²) >= 11 is 0. The van der Waals surface area contributed by atoms with Gasteiger partial charge in [0.05, 0.1) is 25.2 Å². The normalized spacial score (nSPS) is 16.6. The lowest BCUT2D eigenvalue weighted by atomic mass is 9.82. The van der Waals surface area contributed by atoms with Crippen molar-refractivity contribution in [3.8, 4) is 11.8 Å². The van der Waals surface area contributed by atoms with E-state index in [0.717, 1.165) is 0 Å². The Morgan fingerprint density at radius 3 is 2.65 bits per heavy atom. The second kappa shape index (κ2) is 7.61. The molecule has 1 unspecified atom stereocenters. The summed E-state index contributed by atoms with van der Waals surface area (Å²) in [6.45, 7) is 3.31. The highest BCUT2D eigenvalue weighted by atomic mass is 16.5. The summed E-state index contributed by atoms with van der Waals surface area (Å²) in [6, 6.07) is 6.04. The fourth-order valence-electron chi connectivity index (χ4n) is 2.69. The minimum absolute atomic E-state index is 0.000147. The maximum Gasteiger partial charge on any atom is 0.341 e. The van der Waals surface area contributed by atoms with Crippen molar-refractivity contribution >= 4 is 11.9 Å². The Hall–Kier alpha value is -3.47. The first-order valence-corrected chi connectivity index (χ1v) is 7.72. The summed E-state index contributed by atoms with van der Waals surface area (Å²) < 4.78 is 15.0. The molecule has 0 bridgehead atoms. The zero-order chi connectivity index (χ0) is 19.4. The molecular formula is C18H18N2O6. The standard InChI is InChI=1S/C18H18N2O6/c1-4-25-18(23)14-9(2)26-16(20)12(8-19)15(14)10-5-6-13(21)11(7-10)17(22)24-3/h5-7,15,21H,4,20H2,1-3H3. The lowest BCUT2D eigenvalue weighted by Crippen LogP contribution is -2.25. The van der Waals surface area contributed by atoms with Gasteiger partial charge in [-0.3, -0.25) is 0 Å². The van der Waals surface area contributed by atoms with Crippen molar-refractivity contribution in [1.82, 2.24) is 0 Å². The molecule has 1 atom stereocenters. The SMILES string of the molecule is CCOC(=O)C1=C(C)OC(N)=C(C#N)C1c1ccc(O)c(C(=O)OC)c1. The molecule has 0 aromatic heterocycles. The van der Waals surface area contributed by atoms with Crippen LogP contribution in [0.3, 0.4) is 0 Å². The van der Waals surface area contributed by atoms with Crippen LogP contribution in [0.25, 0.3) is 0 Å². The topological polar surface area (TPSA) is 132 Å². The number of nitrogens with two attached hydrogens (primary N) is 1. The molecule has 1 aromatic carbocycles. The number of benzene rings is 1. The second-order valence-electron chi connectivity index (χ2n) is 5.38. The van der Waals surface area contributed by atoms with Crippen molar-refractivity contribution in [2.75, 3.05) is 13.7 Å². The number of carbonyl (C=O) groups is 2. The number of ether oxygens (including phenoxy) is 3. The molecule has 1 heterocycles. The minimum Gasteiger partial charge on any atom is -0.507 e. The number of aromatic hydroxyl groups is 1. The predicted octanol–water partition coefficient (Wildman–Crippen LogP) is 1.82. The maximum atomic E-state index is 12.4. The van der Waals surface area contributed by atoms with Crippen molar-refractivity contribution in [3.05, 3.63) is 52.1 Å². The molecule has 1 aromatic rings. The van der Waals surface area contributed by atoms with Gasteiger partial charge in [-0.1, -0.05) is 6.07 Å². The average molecular weight is 358 g/mol. The number of rotatable bonds is 4. The molecule has 0 saturated carbocycles. The monoisotopic (exact) mass is 358 g/mol. The van der Waals surface area contributed by atoms with E-state index >= 15 is 0 Å². The fourth-order valence-corrected chi connectivity index (χ4v) is 2.69. The molecule has 8 nitrogen and oxygen atoms in total. The Kier molecular flexibility index (Phi) is 5.52. The van der Waals surface area contributed by atoms with Gasteiger partial charge in [-0.15, -0.1) is 0 Å². The molecule has 0 saturated heterocycles. The first-order valence-electron chi connectivity index (χ1n) is 7.72. The van der Waals surface area contributed by atoms with Crippen molar-refractivity contribution in [2.45, 2.75) is 19.8 Å². The first kappa shape index (κ1) is 18.9. The van der Waals surface area contributed by atoms with Crippen LogP contribution in [-0.4, -0.2) is 30.8 Å². The van der Waals surface area contributed by atoms with E-state index in [1.807, 2.05) is 6.07 Å². The molecule has 1 aliphatic heterocycles. The Balaban J connectivity index is 2.68. The third-order valence-electron chi connectivity index (χ3n) is 3.86. The highest BCUT2D eigenvalue weighted by Crippen LogP contribution is 2.40. The van der Waals surface area contributed by atoms with Gasteiger partial charge in [-0.25, -0.2) is 9.59 Å². The van der Waals surface area contributed by atoms with E-state index in [1.165, 1.54) is 32.2 Å². The number of nitrogens with zero attached hydrogens (tertiary/aromatic N) is 1. The Morgan fingerprint density at radius 2 is 2.08 bits per heavy atom. The Bertz CT molecular complexity index is 863. The van der Waals surface area contributed by atoms with Gasteiger partial charge in [0.2, 0.25) is 5.88 Å². The van der Waals surface area contributed by atoms with E-state index < -0.39 is 17.9 Å². The van der Waals surface area contributed by atoms with Crippen molar-refractivity contribution in [1.29, 1.82) is 5.26 Å². The molecule has 0 amide bonds. The van der Waals surface area contributed by atoms with Crippen LogP contribution in [0.15, 0.2) is 41.0 Å². The molecule has 0 radical (unpaired) electrons. The molecule has 1 aliphatic rings. The van der Waals surface area contributed by atoms with E-state index in [4.69, 9.17) is 15.2 Å². The minimum atomic E-state index is -0.906. The molecule has 136 valence electrons. The third kappa shape index (κ3) is 3.32. The summed E-state index contributed by atoms with van der Waals surface area (Å²) in [4.78, 5) is 24.3. The highest BCUT2D eigenvalue weighted by molar-refractivity contribution is 5.94. The molecule has 0 aliphatic carbocycles. The van der Waals surface area contributed by atoms with E-state index in [-0.39, 0.29) is 40.7 Å². The number of allylic oxidation sites excluding steroid dienone is 2. The smallest absolute Gasteiger partial charge is 0.341 e. The second-order valence-corrected chi connectivity index (χ2v) is 5.38. The number of phenolic OH excluding ortho intramolecular Hbond substituents is 1. The molecule has 26 heavy (non-hydrogen) atoms. The van der Waals surface area contributed by atoms with Gasteiger partial charge in [0.1, 0.15) is 28.7 Å². The van der Waals surface area contributed by atoms with Crippen LogP contribution in [0.2, 0.25) is 0 Å². The molecule has 0 fully saturated rings. The Morgan fingerprint density at radius 1 is 1.38 bits per heavy atom. The molecule has 0 spiro atoms. The lowest BCUT2D eigenvalue weighted by Gasteiger charge is -2.27. The summed E-state index contributed by atoms with van der Waals surface area (Å²) in [7, 11) is 1.18. The van der Waals surface area contributed by atoms with Crippen LogP contribution in [0.1, 0.15) is 35.7 Å². The van der Waals surface area contributed by atoms with Crippen molar-refractivity contribution in [3.63, 3.8) is 0 Å². The van der Waals surface area contributed by atoms with Crippen LogP contribution in [0, 0.1) is 11.3 Å². The molecular weight excluding hydrogens is 340 g/mol. The van der Waals surface area contributed by atoms with Crippen molar-refractivity contribution < 1.29 is 28.9 Å². The largest absolute Gasteiger partial charge is 0.507 e. The zero-order valence-corrected chi connectivity index (χ0v) is 14.5. The van der Waals surface area contributed by atoms with Crippen LogP contribution >= 0.6 is 0 Å². The van der Waals surface area contributed by atoms with E-state index in [1.54, 1.807) is 6.92 Å². The summed E-state index contributed by atoms with van der Waals surface area (Å²) in [5.74, 6) is -2.57. The van der Waals surface area contributed by atoms with Gasteiger partial charge in [0.25, 0.3) is 0 Å². The number of hydrogen-bond acceptors (Lipinski definition) is 8. The number of phenols is 1. The van der Waals surface area contributed by atoms with E-state index in [0.29, 0.717) is 5.56 Å². The van der Waals surface area contributed by atoms with Crippen LogP contribution in [0.4, 0.5) is 0 Å². The lowest BCUT2D eigenvalue weighted by molar-refractivity contribution is -0.139. The molecule has 2 rings (SSSR count). The number of carbonyl (C=O) groups excluding carboxylic acids is 2. The summed E-state index contributed by atoms with van der Waals surface area (Å²) in [5, 5.41) is 19.4. The van der Waals surface area contributed by atoms with Gasteiger partial charge < -0.3 is 25.1 Å². The van der Waals surface area contributed by atoms with E-state index in [9.17, 15) is 20.0 Å². The fraction of sp³-hybridized carbons (Fsp3) is 0.278. The maximum absolute atomic E-state index is 12.4. The zero-order valence-electron chi connectivity index (χ0n) is 14.5. The van der Waals surface area contributed by atoms with Gasteiger partial charge in [-0.2, -0.15) is 5.26 Å². The van der Waals surface area contributed by atoms with Crippen LogP contribution in [0.5, 0.6) is 5.75 Å². The predicted molar refractivity (Wildman–Crippen MR) is 89.4 cm³/mol. The average Bonchev–Trinajstić information content (AvgIpc) is 2.61. The van der Waals surface area contributed by atoms with Gasteiger partial charge >= 0.3 is 11.9 Å². The quantitative estimate of drug-likeness (QED) is 0.779. The Labute approximate surface area is 150 Å². The number of hydrogen-bond donors (Lipinski definition) is 2. The number of nitriles is 1. The molecule has 3 N–H and O–H groups in total. The summed E-state index contributed by atoms with van der Waals surface area (Å²) in [6.07, 6.45) is 0. The summed E-state index contributed by atoms with van der Waals surface area (Å²) in [5.41, 5.74) is 6.18. The number of methoxy groups -OCH3 is 1. The molecule has 8 heteroatoms. The first-order chi connectivity index (χ1) is 12.3. The van der Waals surface area contributed by atoms with Crippen molar-refractivity contribution in [2.24, 2.45) is 5.73 Å². The van der Waals surface area contributed by atoms with E-state index in [2.05, 4.69) is 4.74 Å². The van der Waals surface area contributed by atoms with Crippen LogP contribution in [-0.2, 0) is 19.0 Å². The third-order valence-corrected chi connectivity index (χ3v) is 3.86.